The van der Waals surface area contributed by atoms with Crippen LogP contribution in [0.1, 0.15) is 5.56 Å². The quantitative estimate of drug-likeness (QED) is 0.323. The van der Waals surface area contributed by atoms with E-state index in [1.165, 1.54) is 0 Å². The van der Waals surface area contributed by atoms with E-state index < -0.39 is 18.3 Å². The van der Waals surface area contributed by atoms with Gasteiger partial charge in [0.1, 0.15) is 5.82 Å². The van der Waals surface area contributed by atoms with Crippen LogP contribution in [-0.2, 0) is 0 Å². The summed E-state index contributed by atoms with van der Waals surface area (Å²) in [5, 5.41) is 0. The average molecular weight is 226 g/mol. The van der Waals surface area contributed by atoms with E-state index in [2.05, 4.69) is 0 Å². The minimum atomic E-state index is -5.24. The van der Waals surface area contributed by atoms with Crippen molar-refractivity contribution in [1.82, 2.24) is 0 Å². The van der Waals surface area contributed by atoms with Gasteiger partial charge in [0.15, 0.2) is 0 Å². The molecule has 1 aromatic rings. The third-order valence-electron chi connectivity index (χ3n) is 1.52. The molecule has 0 aromatic heterocycles. The first kappa shape index (κ1) is 14.2. The Kier molecular flexibility index (Phi) is 5.41. The van der Waals surface area contributed by atoms with Crippen LogP contribution in [0.5, 0.6) is 0 Å². The van der Waals surface area contributed by atoms with Crippen molar-refractivity contribution >= 4 is 12.4 Å². The second-order valence-electron chi connectivity index (χ2n) is 2.45. The van der Waals surface area contributed by atoms with Crippen LogP contribution in [0, 0.1) is 18.2 Å². The Morgan fingerprint density at radius 1 is 1.21 bits per heavy atom. The van der Waals surface area contributed by atoms with E-state index in [0.29, 0.717) is 6.07 Å². The molecule has 6 heteroatoms. The van der Waals surface area contributed by atoms with Gasteiger partial charge < -0.3 is 12.9 Å². The molecule has 1 aromatic carbocycles. The van der Waals surface area contributed by atoms with Crippen molar-refractivity contribution in [2.45, 2.75) is 0 Å². The van der Waals surface area contributed by atoms with Crippen molar-refractivity contribution in [2.75, 3.05) is 0 Å². The number of hydrogen-bond donors (Lipinski definition) is 0. The van der Waals surface area contributed by atoms with Crippen molar-refractivity contribution < 1.29 is 68.7 Å². The van der Waals surface area contributed by atoms with E-state index in [-0.39, 0.29) is 56.9 Å². The van der Waals surface area contributed by atoms with Crippen molar-refractivity contribution in [2.24, 2.45) is 0 Å². The summed E-state index contributed by atoms with van der Waals surface area (Å²) in [6.07, 6.45) is 4.83. The zero-order valence-electron chi connectivity index (χ0n) is 7.40. The van der Waals surface area contributed by atoms with E-state index in [1.54, 1.807) is 0 Å². The number of halogens is 4. The van der Waals surface area contributed by atoms with Gasteiger partial charge in [0.05, 0.1) is 0 Å². The summed E-state index contributed by atoms with van der Waals surface area (Å²) in [4.78, 5) is 0. The van der Waals surface area contributed by atoms with Gasteiger partial charge in [-0.05, 0) is 17.7 Å². The minimum Gasteiger partial charge on any atom is -0.445 e. The number of terminal acetylenes is 1. The minimum absolute atomic E-state index is 0. The molecule has 0 nitrogen and oxygen atoms in total. The molecule has 0 saturated carbocycles. The third kappa shape index (κ3) is 3.41. The molecule has 0 spiro atoms. The molecule has 0 N–H and O–H groups in total. The first-order valence-electron chi connectivity index (χ1n) is 3.41. The maximum Gasteiger partial charge on any atom is 1.00 e. The van der Waals surface area contributed by atoms with Crippen LogP contribution in [0.25, 0.3) is 0 Å². The van der Waals surface area contributed by atoms with E-state index in [4.69, 9.17) is 6.42 Å². The van der Waals surface area contributed by atoms with Gasteiger partial charge in [-0.2, -0.15) is 0 Å². The Labute approximate surface area is 122 Å². The SMILES string of the molecule is C#Cc1ccc(F)cc1[B-](F)(F)F.[K+]. The number of rotatable bonds is 1. The van der Waals surface area contributed by atoms with Gasteiger partial charge in [-0.15, -0.1) is 6.42 Å². The molecule has 0 radical (unpaired) electrons. The van der Waals surface area contributed by atoms with Gasteiger partial charge >= 0.3 is 58.4 Å². The van der Waals surface area contributed by atoms with Crippen LogP contribution >= 0.6 is 0 Å². The van der Waals surface area contributed by atoms with Crippen LogP contribution in [0.3, 0.4) is 0 Å². The maximum absolute atomic E-state index is 12.5. The monoisotopic (exact) mass is 226 g/mol. The van der Waals surface area contributed by atoms with Crippen LogP contribution in [0.15, 0.2) is 18.2 Å². The zero-order chi connectivity index (χ0) is 10.1. The molecule has 0 heterocycles. The van der Waals surface area contributed by atoms with E-state index >= 15 is 0 Å². The fourth-order valence-corrected chi connectivity index (χ4v) is 0.936. The van der Waals surface area contributed by atoms with E-state index in [1.807, 2.05) is 5.92 Å². The molecule has 0 atom stereocenters. The third-order valence-corrected chi connectivity index (χ3v) is 1.52. The standard InChI is InChI=1S/C8H4BF4.K/c1-2-6-3-4-7(10)5-8(6)9(11,12)13;/h1,3-5H;/q-1;+1. The Morgan fingerprint density at radius 3 is 2.21 bits per heavy atom. The predicted octanol–water partition coefficient (Wildman–Crippen LogP) is -1.13. The average Bonchev–Trinajstić information content (AvgIpc) is 2.03. The molecule has 1 rings (SSSR count). The van der Waals surface area contributed by atoms with Crippen LogP contribution < -0.4 is 56.8 Å². The maximum atomic E-state index is 12.5. The molecule has 0 aliphatic rings. The summed E-state index contributed by atoms with van der Waals surface area (Å²) in [7, 11) is 0. The van der Waals surface area contributed by atoms with Crippen LogP contribution in [0.2, 0.25) is 0 Å². The van der Waals surface area contributed by atoms with Crippen molar-refractivity contribution in [3.63, 3.8) is 0 Å². The molecule has 14 heavy (non-hydrogen) atoms. The summed E-state index contributed by atoms with van der Waals surface area (Å²) in [5.74, 6) is 0.921. The predicted molar refractivity (Wildman–Crippen MR) is 43.0 cm³/mol. The summed E-state index contributed by atoms with van der Waals surface area (Å²) in [6, 6.07) is 2.26. The Balaban J connectivity index is 0.00000169. The van der Waals surface area contributed by atoms with E-state index in [9.17, 15) is 17.3 Å². The van der Waals surface area contributed by atoms with Crippen LogP contribution in [-0.4, -0.2) is 6.98 Å². The molecule has 0 fully saturated rings. The van der Waals surface area contributed by atoms with Crippen molar-refractivity contribution in [1.29, 1.82) is 0 Å². The summed E-state index contributed by atoms with van der Waals surface area (Å²) >= 11 is 0. The number of hydrogen-bond acceptors (Lipinski definition) is 0. The van der Waals surface area contributed by atoms with Gasteiger partial charge in [0.25, 0.3) is 0 Å². The molecular weight excluding hydrogens is 222 g/mol. The summed E-state index contributed by atoms with van der Waals surface area (Å²) in [6.45, 7) is -5.24. The first-order valence-corrected chi connectivity index (χ1v) is 3.41. The molecule has 0 aliphatic heterocycles. The molecule has 68 valence electrons. The van der Waals surface area contributed by atoms with E-state index in [0.717, 1.165) is 12.1 Å². The van der Waals surface area contributed by atoms with Gasteiger partial charge in [0.2, 0.25) is 0 Å². The summed E-state index contributed by atoms with van der Waals surface area (Å²) in [5.41, 5.74) is -1.38. The molecule has 0 amide bonds. The molecule has 0 unspecified atom stereocenters. The van der Waals surface area contributed by atoms with Gasteiger partial charge in [-0.25, -0.2) is 4.39 Å². The van der Waals surface area contributed by atoms with Crippen molar-refractivity contribution in [3.8, 4) is 12.3 Å². The fourth-order valence-electron chi connectivity index (χ4n) is 0.936. The Bertz CT molecular complexity index is 367. The van der Waals surface area contributed by atoms with Gasteiger partial charge in [-0.3, -0.25) is 0 Å². The topological polar surface area (TPSA) is 0 Å². The molecule has 0 bridgehead atoms. The largest absolute Gasteiger partial charge is 1.00 e. The van der Waals surface area contributed by atoms with Crippen LogP contribution in [0.4, 0.5) is 17.3 Å². The Morgan fingerprint density at radius 2 is 1.79 bits per heavy atom. The van der Waals surface area contributed by atoms with Gasteiger partial charge in [0, 0.05) is 0 Å². The smallest absolute Gasteiger partial charge is 0.445 e. The number of benzene rings is 1. The second-order valence-corrected chi connectivity index (χ2v) is 2.45. The molecular formula is C8H4BF4K. The second kappa shape index (κ2) is 5.33. The van der Waals surface area contributed by atoms with Crippen molar-refractivity contribution in [3.05, 3.63) is 29.6 Å². The zero-order valence-corrected chi connectivity index (χ0v) is 10.5. The summed E-state index contributed by atoms with van der Waals surface area (Å²) < 4.78 is 49.1. The first-order chi connectivity index (χ1) is 5.95. The fraction of sp³-hybridized carbons (Fsp3) is 0. The molecule has 0 aliphatic carbocycles. The normalized spacial score (nSPS) is 10.2. The Hall–Kier alpha value is 0.201. The van der Waals surface area contributed by atoms with Gasteiger partial charge in [-0.1, -0.05) is 17.4 Å². The molecule has 0 saturated heterocycles.